The van der Waals surface area contributed by atoms with E-state index in [0.717, 1.165) is 43.4 Å². The summed E-state index contributed by atoms with van der Waals surface area (Å²) in [4.78, 5) is 35.4. The first-order valence-electron chi connectivity index (χ1n) is 10.4. The lowest BCUT2D eigenvalue weighted by Crippen LogP contribution is -2.40. The molecule has 0 saturated heterocycles. The summed E-state index contributed by atoms with van der Waals surface area (Å²) < 4.78 is 39.5. The summed E-state index contributed by atoms with van der Waals surface area (Å²) in [6, 6.07) is 4.58. The Morgan fingerprint density at radius 3 is 2.58 bits per heavy atom. The normalized spacial score (nSPS) is 17.2. The van der Waals surface area contributed by atoms with Crippen LogP contribution in [-0.2, 0) is 23.9 Å². The van der Waals surface area contributed by atoms with Crippen LogP contribution in [-0.4, -0.2) is 33.2 Å². The lowest BCUT2D eigenvalue weighted by Gasteiger charge is -2.32. The Morgan fingerprint density at radius 2 is 1.84 bits per heavy atom. The van der Waals surface area contributed by atoms with Crippen LogP contribution in [0.25, 0.3) is 0 Å². The molecule has 0 unspecified atom stereocenters. The van der Waals surface area contributed by atoms with Gasteiger partial charge in [-0.15, -0.1) is 0 Å². The zero-order chi connectivity index (χ0) is 22.0. The van der Waals surface area contributed by atoms with E-state index in [1.165, 1.54) is 24.8 Å². The van der Waals surface area contributed by atoms with Crippen LogP contribution in [0.1, 0.15) is 59.3 Å². The first kappa shape index (κ1) is 21.3. The molecule has 0 radical (unpaired) electrons. The van der Waals surface area contributed by atoms with E-state index in [4.69, 9.17) is 0 Å². The average molecular weight is 432 g/mol. The summed E-state index contributed by atoms with van der Waals surface area (Å²) in [6.07, 6.45) is 2.63. The van der Waals surface area contributed by atoms with Crippen molar-refractivity contribution in [2.24, 2.45) is 5.92 Å². The maximum atomic E-state index is 13.2. The van der Waals surface area contributed by atoms with Crippen LogP contribution in [0.3, 0.4) is 0 Å². The number of rotatable bonds is 3. The Bertz CT molecular complexity index is 987. The second-order valence-electron chi connectivity index (χ2n) is 8.01. The van der Waals surface area contributed by atoms with Crippen molar-refractivity contribution in [3.8, 4) is 0 Å². The summed E-state index contributed by atoms with van der Waals surface area (Å²) in [6.45, 7) is 0.944. The summed E-state index contributed by atoms with van der Waals surface area (Å²) in [7, 11) is 0. The van der Waals surface area contributed by atoms with Gasteiger partial charge >= 0.3 is 6.18 Å². The highest BCUT2D eigenvalue weighted by Crippen LogP contribution is 2.32. The van der Waals surface area contributed by atoms with Gasteiger partial charge in [0.2, 0.25) is 11.9 Å². The molecular formula is C22H23F3N4O2. The highest BCUT2D eigenvalue weighted by Gasteiger charge is 2.35. The van der Waals surface area contributed by atoms with Crippen LogP contribution < -0.4 is 5.32 Å². The van der Waals surface area contributed by atoms with Gasteiger partial charge < -0.3 is 4.90 Å². The van der Waals surface area contributed by atoms with Crippen molar-refractivity contribution < 1.29 is 22.8 Å². The van der Waals surface area contributed by atoms with E-state index in [2.05, 4.69) is 15.3 Å². The molecule has 1 saturated carbocycles. The summed E-state index contributed by atoms with van der Waals surface area (Å²) >= 11 is 0. The van der Waals surface area contributed by atoms with Crippen LogP contribution in [0.5, 0.6) is 0 Å². The molecule has 1 aromatic carbocycles. The van der Waals surface area contributed by atoms with E-state index in [-0.39, 0.29) is 17.8 Å². The fourth-order valence-electron chi connectivity index (χ4n) is 4.27. The standard InChI is InChI=1S/C22H23F3N4O2/c23-22(24,25)17-9-5-4-8-16(17)19(30)28-21-26-12-15-13-29(11-10-18(15)27-21)20(31)14-6-2-1-3-7-14/h4-5,8-9,12,14H,1-3,6-7,10-11,13H2,(H,26,27,28,30). The topological polar surface area (TPSA) is 75.2 Å². The molecule has 2 aliphatic rings. The summed E-state index contributed by atoms with van der Waals surface area (Å²) in [5.74, 6) is -0.708. The van der Waals surface area contributed by atoms with Crippen LogP contribution in [0, 0.1) is 5.92 Å². The van der Waals surface area contributed by atoms with Gasteiger partial charge in [-0.3, -0.25) is 14.9 Å². The lowest BCUT2D eigenvalue weighted by molar-refractivity contribution is -0.138. The number of nitrogens with one attached hydrogen (secondary N) is 1. The minimum atomic E-state index is -4.64. The fourth-order valence-corrected chi connectivity index (χ4v) is 4.27. The van der Waals surface area contributed by atoms with Gasteiger partial charge in [0.05, 0.1) is 16.8 Å². The van der Waals surface area contributed by atoms with E-state index in [9.17, 15) is 22.8 Å². The van der Waals surface area contributed by atoms with Gasteiger partial charge in [-0.25, -0.2) is 9.97 Å². The van der Waals surface area contributed by atoms with Crippen molar-refractivity contribution in [1.82, 2.24) is 14.9 Å². The number of benzene rings is 1. The molecule has 6 nitrogen and oxygen atoms in total. The van der Waals surface area contributed by atoms with Gasteiger partial charge in [-0.05, 0) is 25.0 Å². The maximum absolute atomic E-state index is 13.2. The van der Waals surface area contributed by atoms with Crippen molar-refractivity contribution >= 4 is 17.8 Å². The molecule has 31 heavy (non-hydrogen) atoms. The number of halogens is 3. The van der Waals surface area contributed by atoms with Gasteiger partial charge in [0.25, 0.3) is 5.91 Å². The highest BCUT2D eigenvalue weighted by molar-refractivity contribution is 6.04. The van der Waals surface area contributed by atoms with Crippen LogP contribution >= 0.6 is 0 Å². The zero-order valence-corrected chi connectivity index (χ0v) is 16.9. The van der Waals surface area contributed by atoms with Gasteiger partial charge in [0.15, 0.2) is 0 Å². The Balaban J connectivity index is 1.45. The Hall–Kier alpha value is -2.97. The molecule has 164 valence electrons. The molecule has 1 aromatic heterocycles. The third-order valence-corrected chi connectivity index (χ3v) is 5.90. The number of anilines is 1. The molecule has 0 bridgehead atoms. The van der Waals surface area contributed by atoms with Crippen molar-refractivity contribution in [3.63, 3.8) is 0 Å². The van der Waals surface area contributed by atoms with E-state index in [1.54, 1.807) is 0 Å². The molecule has 1 aliphatic carbocycles. The van der Waals surface area contributed by atoms with E-state index < -0.39 is 23.2 Å². The lowest BCUT2D eigenvalue weighted by atomic mass is 9.88. The van der Waals surface area contributed by atoms with Crippen LogP contribution in [0.4, 0.5) is 19.1 Å². The molecular weight excluding hydrogens is 409 g/mol. The summed E-state index contributed by atoms with van der Waals surface area (Å²) in [5.41, 5.74) is -0.00546. The first-order chi connectivity index (χ1) is 14.8. The smallest absolute Gasteiger partial charge is 0.338 e. The number of carbonyl (C=O) groups is 2. The quantitative estimate of drug-likeness (QED) is 0.788. The second kappa shape index (κ2) is 8.64. The minimum Gasteiger partial charge on any atom is -0.338 e. The second-order valence-corrected chi connectivity index (χ2v) is 8.01. The van der Waals surface area contributed by atoms with Gasteiger partial charge in [-0.1, -0.05) is 31.4 Å². The zero-order valence-electron chi connectivity index (χ0n) is 16.9. The van der Waals surface area contributed by atoms with Crippen molar-refractivity contribution in [1.29, 1.82) is 0 Å². The number of fused-ring (bicyclic) bond motifs is 1. The number of carbonyl (C=O) groups excluding carboxylic acids is 2. The number of hydrogen-bond donors (Lipinski definition) is 1. The van der Waals surface area contributed by atoms with E-state index in [0.29, 0.717) is 25.2 Å². The molecule has 4 rings (SSSR count). The van der Waals surface area contributed by atoms with Crippen molar-refractivity contribution in [2.45, 2.75) is 51.2 Å². The molecule has 2 amide bonds. The third-order valence-electron chi connectivity index (χ3n) is 5.90. The number of hydrogen-bond acceptors (Lipinski definition) is 4. The minimum absolute atomic E-state index is 0.0483. The van der Waals surface area contributed by atoms with Crippen molar-refractivity contribution in [3.05, 3.63) is 52.8 Å². The molecule has 9 heteroatoms. The van der Waals surface area contributed by atoms with E-state index in [1.807, 2.05) is 4.90 Å². The predicted molar refractivity (Wildman–Crippen MR) is 107 cm³/mol. The fraction of sp³-hybridized carbons (Fsp3) is 0.455. The number of nitrogens with zero attached hydrogens (tertiary/aromatic N) is 3. The Labute approximate surface area is 177 Å². The van der Waals surface area contributed by atoms with Crippen molar-refractivity contribution in [2.75, 3.05) is 11.9 Å². The largest absolute Gasteiger partial charge is 0.417 e. The maximum Gasteiger partial charge on any atom is 0.417 e. The highest BCUT2D eigenvalue weighted by atomic mass is 19.4. The van der Waals surface area contributed by atoms with Gasteiger partial charge in [0, 0.05) is 37.2 Å². The molecule has 1 aliphatic heterocycles. The number of aromatic nitrogens is 2. The number of alkyl halides is 3. The average Bonchev–Trinajstić information content (AvgIpc) is 2.78. The monoisotopic (exact) mass is 432 g/mol. The SMILES string of the molecule is O=C(Nc1ncc2c(n1)CCN(C(=O)C1CCCCC1)C2)c1ccccc1C(F)(F)F. The predicted octanol–water partition coefficient (Wildman–Crippen LogP) is 4.21. The molecule has 1 fully saturated rings. The molecule has 2 heterocycles. The van der Waals surface area contributed by atoms with Gasteiger partial charge in [-0.2, -0.15) is 13.2 Å². The first-order valence-corrected chi connectivity index (χ1v) is 10.4. The molecule has 0 spiro atoms. The van der Waals surface area contributed by atoms with E-state index >= 15 is 0 Å². The molecule has 2 aromatic rings. The molecule has 1 N–H and O–H groups in total. The third kappa shape index (κ3) is 4.70. The van der Waals surface area contributed by atoms with Gasteiger partial charge in [0.1, 0.15) is 0 Å². The Morgan fingerprint density at radius 1 is 1.10 bits per heavy atom. The molecule has 0 atom stereocenters. The number of amides is 2. The summed E-state index contributed by atoms with van der Waals surface area (Å²) in [5, 5.41) is 2.36. The Kier molecular flexibility index (Phi) is 5.93. The van der Waals surface area contributed by atoms with Crippen LogP contribution in [0.2, 0.25) is 0 Å². The van der Waals surface area contributed by atoms with Crippen LogP contribution in [0.15, 0.2) is 30.5 Å².